The zero-order valence-corrected chi connectivity index (χ0v) is 15.2. The fourth-order valence-electron chi connectivity index (χ4n) is 2.60. The number of rotatable bonds is 6. The van der Waals surface area contributed by atoms with E-state index in [1.54, 1.807) is 11.8 Å². The largest absolute Gasteiger partial charge is 0.350 e. The first-order valence-corrected chi connectivity index (χ1v) is 9.00. The maximum absolute atomic E-state index is 12.1. The van der Waals surface area contributed by atoms with E-state index in [4.69, 9.17) is 0 Å². The third-order valence-corrected chi connectivity index (χ3v) is 4.90. The summed E-state index contributed by atoms with van der Waals surface area (Å²) in [5.74, 6) is 0.909. The number of carbonyl (C=O) groups excluding carboxylic acids is 1. The zero-order chi connectivity index (χ0) is 16.8. The molecule has 0 unspecified atom stereocenters. The number of hydrogen-bond acceptors (Lipinski definition) is 2. The van der Waals surface area contributed by atoms with Crippen molar-refractivity contribution < 1.29 is 4.79 Å². The van der Waals surface area contributed by atoms with Crippen molar-refractivity contribution in [3.8, 4) is 0 Å². The van der Waals surface area contributed by atoms with Crippen LogP contribution in [0.5, 0.6) is 0 Å². The van der Waals surface area contributed by atoms with E-state index >= 15 is 0 Å². The van der Waals surface area contributed by atoms with Crippen LogP contribution in [0.15, 0.2) is 47.4 Å². The van der Waals surface area contributed by atoms with Gasteiger partial charge in [-0.05, 0) is 51.0 Å². The van der Waals surface area contributed by atoms with Gasteiger partial charge in [0, 0.05) is 17.1 Å². The molecule has 0 aliphatic heterocycles. The molecule has 1 atom stereocenters. The van der Waals surface area contributed by atoms with E-state index in [1.165, 1.54) is 27.1 Å². The minimum absolute atomic E-state index is 0.0486. The average molecular weight is 327 g/mol. The summed E-state index contributed by atoms with van der Waals surface area (Å²) in [6.07, 6.45) is 0.536. The van der Waals surface area contributed by atoms with E-state index in [9.17, 15) is 4.79 Å². The Labute approximate surface area is 143 Å². The number of nitrogens with one attached hydrogen (secondary N) is 1. The number of amides is 1. The molecule has 0 aliphatic rings. The van der Waals surface area contributed by atoms with Gasteiger partial charge in [-0.3, -0.25) is 4.79 Å². The van der Waals surface area contributed by atoms with Crippen LogP contribution in [0.4, 0.5) is 0 Å². The van der Waals surface area contributed by atoms with Gasteiger partial charge in [0.25, 0.3) is 0 Å². The Hall–Kier alpha value is -1.74. The first-order chi connectivity index (χ1) is 11.0. The van der Waals surface area contributed by atoms with Crippen LogP contribution in [-0.2, 0) is 4.79 Å². The van der Waals surface area contributed by atoms with Crippen LogP contribution in [0.1, 0.15) is 41.6 Å². The highest BCUT2D eigenvalue weighted by atomic mass is 32.2. The Balaban J connectivity index is 1.81. The molecule has 0 aliphatic carbocycles. The van der Waals surface area contributed by atoms with Crippen molar-refractivity contribution in [1.29, 1.82) is 0 Å². The van der Waals surface area contributed by atoms with E-state index < -0.39 is 0 Å². The van der Waals surface area contributed by atoms with Crippen molar-refractivity contribution >= 4 is 17.7 Å². The number of aryl methyl sites for hydroxylation is 3. The Morgan fingerprint density at radius 3 is 2.35 bits per heavy atom. The molecule has 0 fully saturated rings. The molecule has 0 spiro atoms. The maximum Gasteiger partial charge on any atom is 0.221 e. The second-order valence-corrected chi connectivity index (χ2v) is 7.23. The van der Waals surface area contributed by atoms with Crippen LogP contribution in [-0.4, -0.2) is 11.7 Å². The summed E-state index contributed by atoms with van der Waals surface area (Å²) in [4.78, 5) is 13.3. The summed E-state index contributed by atoms with van der Waals surface area (Å²) in [5, 5.41) is 3.10. The van der Waals surface area contributed by atoms with Crippen LogP contribution in [0.2, 0.25) is 0 Å². The topological polar surface area (TPSA) is 29.1 Å². The Bertz CT molecular complexity index is 664. The molecular formula is C20H25NOS. The number of carbonyl (C=O) groups is 1. The molecule has 2 aromatic carbocycles. The van der Waals surface area contributed by atoms with Gasteiger partial charge in [-0.1, -0.05) is 41.5 Å². The maximum atomic E-state index is 12.1. The minimum Gasteiger partial charge on any atom is -0.350 e. The molecule has 122 valence electrons. The third kappa shape index (κ3) is 5.43. The van der Waals surface area contributed by atoms with Crippen molar-refractivity contribution in [2.75, 3.05) is 5.75 Å². The second-order valence-electron chi connectivity index (χ2n) is 6.06. The lowest BCUT2D eigenvalue weighted by atomic mass is 10.0. The van der Waals surface area contributed by atoms with Crippen molar-refractivity contribution in [3.05, 3.63) is 64.7 Å². The zero-order valence-electron chi connectivity index (χ0n) is 14.3. The van der Waals surface area contributed by atoms with Gasteiger partial charge in [0.05, 0.1) is 6.04 Å². The van der Waals surface area contributed by atoms with E-state index in [-0.39, 0.29) is 11.9 Å². The quantitative estimate of drug-likeness (QED) is 0.759. The predicted molar refractivity (Wildman–Crippen MR) is 99.0 cm³/mol. The average Bonchev–Trinajstić information content (AvgIpc) is 2.49. The highest BCUT2D eigenvalue weighted by Gasteiger charge is 2.11. The molecule has 2 nitrogen and oxygen atoms in total. The molecule has 23 heavy (non-hydrogen) atoms. The summed E-state index contributed by atoms with van der Waals surface area (Å²) in [6.45, 7) is 8.31. The monoisotopic (exact) mass is 327 g/mol. The van der Waals surface area contributed by atoms with Gasteiger partial charge in [-0.2, -0.15) is 0 Å². The molecule has 2 rings (SSSR count). The first kappa shape index (κ1) is 17.6. The fraction of sp³-hybridized carbons (Fsp3) is 0.350. The SMILES string of the molecule is Cc1ccc(SCCC(=O)N[C@@H](C)c2ccc(C)cc2C)cc1. The molecule has 0 saturated heterocycles. The molecule has 1 N–H and O–H groups in total. The first-order valence-electron chi connectivity index (χ1n) is 8.01. The van der Waals surface area contributed by atoms with E-state index in [0.717, 1.165) is 5.75 Å². The summed E-state index contributed by atoms with van der Waals surface area (Å²) in [5.41, 5.74) is 4.93. The van der Waals surface area contributed by atoms with Crippen LogP contribution in [0.3, 0.4) is 0 Å². The van der Waals surface area contributed by atoms with Gasteiger partial charge < -0.3 is 5.32 Å². The van der Waals surface area contributed by atoms with Crippen LogP contribution >= 0.6 is 11.8 Å². The molecule has 3 heteroatoms. The van der Waals surface area contributed by atoms with Crippen LogP contribution in [0.25, 0.3) is 0 Å². The third-order valence-electron chi connectivity index (χ3n) is 3.89. The van der Waals surface area contributed by atoms with E-state index in [2.05, 4.69) is 68.6 Å². The predicted octanol–water partition coefficient (Wildman–Crippen LogP) is 4.97. The van der Waals surface area contributed by atoms with Crippen molar-refractivity contribution in [3.63, 3.8) is 0 Å². The second kappa shape index (κ2) is 8.21. The molecule has 0 aromatic heterocycles. The molecule has 0 radical (unpaired) electrons. The van der Waals surface area contributed by atoms with E-state index in [1.807, 2.05) is 6.92 Å². The Morgan fingerprint density at radius 2 is 1.70 bits per heavy atom. The van der Waals surface area contributed by atoms with E-state index in [0.29, 0.717) is 6.42 Å². The highest BCUT2D eigenvalue weighted by Crippen LogP contribution is 2.21. The number of benzene rings is 2. The van der Waals surface area contributed by atoms with Gasteiger partial charge in [0.15, 0.2) is 0 Å². The smallest absolute Gasteiger partial charge is 0.221 e. The lowest BCUT2D eigenvalue weighted by molar-refractivity contribution is -0.121. The van der Waals surface area contributed by atoms with Gasteiger partial charge in [0.2, 0.25) is 5.91 Å². The lowest BCUT2D eigenvalue weighted by Crippen LogP contribution is -2.27. The summed E-state index contributed by atoms with van der Waals surface area (Å²) in [6, 6.07) is 14.8. The normalized spacial score (nSPS) is 12.0. The fourth-order valence-corrected chi connectivity index (χ4v) is 3.45. The van der Waals surface area contributed by atoms with Crippen LogP contribution < -0.4 is 5.32 Å². The minimum atomic E-state index is 0.0486. The van der Waals surface area contributed by atoms with Crippen molar-refractivity contribution in [1.82, 2.24) is 5.32 Å². The summed E-state index contributed by atoms with van der Waals surface area (Å²) in [7, 11) is 0. The lowest BCUT2D eigenvalue weighted by Gasteiger charge is -2.17. The Morgan fingerprint density at radius 1 is 1.04 bits per heavy atom. The van der Waals surface area contributed by atoms with Crippen molar-refractivity contribution in [2.45, 2.75) is 45.1 Å². The Kier molecular flexibility index (Phi) is 6.28. The van der Waals surface area contributed by atoms with Gasteiger partial charge in [-0.25, -0.2) is 0 Å². The van der Waals surface area contributed by atoms with Gasteiger partial charge >= 0.3 is 0 Å². The molecule has 2 aromatic rings. The molecule has 1 amide bonds. The number of thioether (sulfide) groups is 1. The number of hydrogen-bond donors (Lipinski definition) is 1. The standard InChI is InChI=1S/C20H25NOS/c1-14-5-8-18(9-6-14)23-12-11-20(22)21-17(4)19-10-7-15(2)13-16(19)3/h5-10,13,17H,11-12H2,1-4H3,(H,21,22)/t17-/m0/s1. The summed E-state index contributed by atoms with van der Waals surface area (Å²) < 4.78 is 0. The highest BCUT2D eigenvalue weighted by molar-refractivity contribution is 7.99. The molecular weight excluding hydrogens is 302 g/mol. The van der Waals surface area contributed by atoms with Crippen LogP contribution in [0, 0.1) is 20.8 Å². The van der Waals surface area contributed by atoms with Gasteiger partial charge in [-0.15, -0.1) is 11.8 Å². The van der Waals surface area contributed by atoms with Crippen molar-refractivity contribution in [2.24, 2.45) is 0 Å². The molecule has 0 heterocycles. The summed E-state index contributed by atoms with van der Waals surface area (Å²) >= 11 is 1.72. The molecule has 0 saturated carbocycles. The molecule has 0 bridgehead atoms. The van der Waals surface area contributed by atoms with Gasteiger partial charge in [0.1, 0.15) is 0 Å².